The molecular weight excluding hydrogens is 214 g/mol. The average molecular weight is 222 g/mol. The molecule has 0 heterocycles. The Bertz CT molecular complexity index is 289. The van der Waals surface area contributed by atoms with Crippen molar-refractivity contribution in [2.75, 3.05) is 0 Å². The zero-order valence-electron chi connectivity index (χ0n) is 6.23. The largest absolute Gasteiger partial charge is 0.125 e. The van der Waals surface area contributed by atoms with Gasteiger partial charge in [0.2, 0.25) is 0 Å². The molecule has 3 heteroatoms. The standard InChI is InChI=1S/C9H7Cl3/c10-7-3-1-6(2-4-7)8-5-9(8,11)12/h1-4,8H,5H2/t8-/m0/s1. The van der Waals surface area contributed by atoms with Gasteiger partial charge in [0.1, 0.15) is 4.33 Å². The topological polar surface area (TPSA) is 0 Å². The molecule has 2 rings (SSSR count). The SMILES string of the molecule is Clc1ccc([C@@H]2CC2(Cl)Cl)cc1. The smallest absolute Gasteiger partial charge is 0.101 e. The average Bonchev–Trinajstić information content (AvgIpc) is 2.61. The molecule has 0 aromatic heterocycles. The minimum absolute atomic E-state index is 0.290. The fraction of sp³-hybridized carbons (Fsp3) is 0.333. The van der Waals surface area contributed by atoms with Crippen LogP contribution in [0.3, 0.4) is 0 Å². The molecule has 1 aromatic rings. The zero-order valence-corrected chi connectivity index (χ0v) is 8.50. The molecule has 64 valence electrons. The fourth-order valence-electron chi connectivity index (χ4n) is 1.27. The van der Waals surface area contributed by atoms with Crippen LogP contribution in [0, 0.1) is 0 Å². The van der Waals surface area contributed by atoms with Gasteiger partial charge in [-0.15, -0.1) is 23.2 Å². The molecule has 1 saturated carbocycles. The fourth-order valence-corrected chi connectivity index (χ4v) is 1.96. The van der Waals surface area contributed by atoms with Crippen LogP contribution >= 0.6 is 34.8 Å². The maximum Gasteiger partial charge on any atom is 0.125 e. The van der Waals surface area contributed by atoms with E-state index >= 15 is 0 Å². The van der Waals surface area contributed by atoms with Crippen molar-refractivity contribution in [3.63, 3.8) is 0 Å². The summed E-state index contributed by atoms with van der Waals surface area (Å²) in [7, 11) is 0. The van der Waals surface area contributed by atoms with Gasteiger partial charge in [0, 0.05) is 10.9 Å². The van der Waals surface area contributed by atoms with Crippen molar-refractivity contribution < 1.29 is 0 Å². The van der Waals surface area contributed by atoms with Gasteiger partial charge in [-0.05, 0) is 24.1 Å². The maximum absolute atomic E-state index is 5.91. The van der Waals surface area contributed by atoms with Gasteiger partial charge in [0.15, 0.2) is 0 Å². The summed E-state index contributed by atoms with van der Waals surface area (Å²) >= 11 is 17.6. The number of alkyl halides is 2. The van der Waals surface area contributed by atoms with E-state index in [0.29, 0.717) is 0 Å². The highest BCUT2D eigenvalue weighted by Crippen LogP contribution is 2.59. The Kier molecular flexibility index (Phi) is 2.02. The third-order valence-electron chi connectivity index (χ3n) is 2.10. The first-order chi connectivity index (χ1) is 5.59. The van der Waals surface area contributed by atoms with Gasteiger partial charge in [0.25, 0.3) is 0 Å². The van der Waals surface area contributed by atoms with E-state index < -0.39 is 4.33 Å². The van der Waals surface area contributed by atoms with E-state index in [0.717, 1.165) is 11.4 Å². The van der Waals surface area contributed by atoms with Crippen LogP contribution in [-0.4, -0.2) is 4.33 Å². The zero-order chi connectivity index (χ0) is 8.77. The number of benzene rings is 1. The van der Waals surface area contributed by atoms with Crippen molar-refractivity contribution in [2.24, 2.45) is 0 Å². The van der Waals surface area contributed by atoms with Crippen molar-refractivity contribution >= 4 is 34.8 Å². The van der Waals surface area contributed by atoms with Crippen LogP contribution in [0.5, 0.6) is 0 Å². The normalized spacial score (nSPS) is 25.4. The molecule has 1 aliphatic rings. The third-order valence-corrected chi connectivity index (χ3v) is 3.19. The first-order valence-corrected chi connectivity index (χ1v) is 4.86. The molecule has 1 fully saturated rings. The van der Waals surface area contributed by atoms with Gasteiger partial charge >= 0.3 is 0 Å². The lowest BCUT2D eigenvalue weighted by Crippen LogP contribution is -1.88. The second-order valence-corrected chi connectivity index (χ2v) is 5.05. The van der Waals surface area contributed by atoms with Crippen LogP contribution in [-0.2, 0) is 0 Å². The molecule has 0 unspecified atom stereocenters. The Morgan fingerprint density at radius 2 is 1.67 bits per heavy atom. The predicted molar refractivity (Wildman–Crippen MR) is 53.2 cm³/mol. The highest BCUT2D eigenvalue weighted by atomic mass is 35.5. The van der Waals surface area contributed by atoms with Crippen LogP contribution in [0.2, 0.25) is 5.02 Å². The molecule has 0 bridgehead atoms. The summed E-state index contributed by atoms with van der Waals surface area (Å²) < 4.78 is -0.534. The first-order valence-electron chi connectivity index (χ1n) is 3.73. The molecule has 12 heavy (non-hydrogen) atoms. The summed E-state index contributed by atoms with van der Waals surface area (Å²) in [5.74, 6) is 0.290. The minimum atomic E-state index is -0.534. The lowest BCUT2D eigenvalue weighted by molar-refractivity contribution is 1.11. The van der Waals surface area contributed by atoms with E-state index in [-0.39, 0.29) is 5.92 Å². The second kappa shape index (κ2) is 2.80. The molecular formula is C9H7Cl3. The monoisotopic (exact) mass is 220 g/mol. The molecule has 0 saturated heterocycles. The van der Waals surface area contributed by atoms with Crippen molar-refractivity contribution in [1.29, 1.82) is 0 Å². The van der Waals surface area contributed by atoms with E-state index in [2.05, 4.69) is 0 Å². The van der Waals surface area contributed by atoms with Crippen LogP contribution in [0.4, 0.5) is 0 Å². The molecule has 0 spiro atoms. The van der Waals surface area contributed by atoms with E-state index in [1.54, 1.807) is 0 Å². The van der Waals surface area contributed by atoms with Gasteiger partial charge in [0.05, 0.1) is 0 Å². The van der Waals surface area contributed by atoms with Gasteiger partial charge in [-0.2, -0.15) is 0 Å². The number of hydrogen-bond acceptors (Lipinski definition) is 0. The molecule has 0 amide bonds. The Morgan fingerprint density at radius 3 is 2.08 bits per heavy atom. The van der Waals surface area contributed by atoms with E-state index in [4.69, 9.17) is 34.8 Å². The Labute approximate surface area is 86.4 Å². The predicted octanol–water partition coefficient (Wildman–Crippen LogP) is 4.00. The van der Waals surface area contributed by atoms with Gasteiger partial charge in [-0.1, -0.05) is 23.7 Å². The van der Waals surface area contributed by atoms with Crippen LogP contribution in [0.25, 0.3) is 0 Å². The van der Waals surface area contributed by atoms with Crippen molar-refractivity contribution in [1.82, 2.24) is 0 Å². The molecule has 0 N–H and O–H groups in total. The van der Waals surface area contributed by atoms with Crippen LogP contribution in [0.1, 0.15) is 17.9 Å². The van der Waals surface area contributed by atoms with Crippen molar-refractivity contribution in [3.05, 3.63) is 34.9 Å². The minimum Gasteiger partial charge on any atom is -0.101 e. The molecule has 1 atom stereocenters. The number of halogens is 3. The van der Waals surface area contributed by atoms with E-state index in [1.165, 1.54) is 5.56 Å². The van der Waals surface area contributed by atoms with Gasteiger partial charge < -0.3 is 0 Å². The lowest BCUT2D eigenvalue weighted by atomic mass is 10.1. The summed E-state index contributed by atoms with van der Waals surface area (Å²) in [6.07, 6.45) is 0.845. The third kappa shape index (κ3) is 1.56. The highest BCUT2D eigenvalue weighted by molar-refractivity contribution is 6.51. The quantitative estimate of drug-likeness (QED) is 0.629. The Hall–Kier alpha value is 0.0900. The highest BCUT2D eigenvalue weighted by Gasteiger charge is 2.52. The van der Waals surface area contributed by atoms with Gasteiger partial charge in [-0.3, -0.25) is 0 Å². The Morgan fingerprint density at radius 1 is 1.17 bits per heavy atom. The van der Waals surface area contributed by atoms with Crippen LogP contribution in [0.15, 0.2) is 24.3 Å². The summed E-state index contributed by atoms with van der Waals surface area (Å²) in [5, 5.41) is 0.745. The number of rotatable bonds is 1. The summed E-state index contributed by atoms with van der Waals surface area (Å²) in [6, 6.07) is 7.66. The first kappa shape index (κ1) is 8.68. The summed E-state index contributed by atoms with van der Waals surface area (Å²) in [6.45, 7) is 0. The van der Waals surface area contributed by atoms with Crippen molar-refractivity contribution in [3.8, 4) is 0 Å². The maximum atomic E-state index is 5.91. The van der Waals surface area contributed by atoms with Gasteiger partial charge in [-0.25, -0.2) is 0 Å². The molecule has 1 aromatic carbocycles. The summed E-state index contributed by atoms with van der Waals surface area (Å²) in [4.78, 5) is 0. The van der Waals surface area contributed by atoms with E-state index in [1.807, 2.05) is 24.3 Å². The molecule has 0 aliphatic heterocycles. The number of hydrogen-bond donors (Lipinski definition) is 0. The second-order valence-electron chi connectivity index (χ2n) is 3.07. The summed E-state index contributed by atoms with van der Waals surface area (Å²) in [5.41, 5.74) is 1.17. The van der Waals surface area contributed by atoms with Crippen LogP contribution < -0.4 is 0 Å². The molecule has 0 nitrogen and oxygen atoms in total. The molecule has 1 aliphatic carbocycles. The lowest BCUT2D eigenvalue weighted by Gasteiger charge is -1.99. The Balaban J connectivity index is 2.21. The van der Waals surface area contributed by atoms with E-state index in [9.17, 15) is 0 Å². The molecule has 0 radical (unpaired) electrons. The van der Waals surface area contributed by atoms with Crippen molar-refractivity contribution in [2.45, 2.75) is 16.7 Å².